The lowest BCUT2D eigenvalue weighted by Crippen LogP contribution is -2.50. The molecule has 0 radical (unpaired) electrons. The monoisotopic (exact) mass is 497 g/mol. The van der Waals surface area contributed by atoms with Gasteiger partial charge in [0.25, 0.3) is 5.91 Å². The normalized spacial score (nSPS) is 17.9. The fourth-order valence-electron chi connectivity index (χ4n) is 3.93. The predicted octanol–water partition coefficient (Wildman–Crippen LogP) is 2.80. The van der Waals surface area contributed by atoms with E-state index in [-0.39, 0.29) is 12.5 Å². The van der Waals surface area contributed by atoms with Gasteiger partial charge in [0.2, 0.25) is 5.91 Å². The van der Waals surface area contributed by atoms with Crippen molar-refractivity contribution in [1.82, 2.24) is 10.3 Å². The topological polar surface area (TPSA) is 122 Å². The van der Waals surface area contributed by atoms with E-state index in [9.17, 15) is 9.59 Å². The number of benzene rings is 1. The van der Waals surface area contributed by atoms with Crippen LogP contribution in [-0.4, -0.2) is 61.4 Å². The molecule has 1 aliphatic rings. The summed E-state index contributed by atoms with van der Waals surface area (Å²) in [5.74, 6) is -1.33. The zero-order valence-corrected chi connectivity index (χ0v) is 21.9. The Balaban J connectivity index is 1.80. The van der Waals surface area contributed by atoms with E-state index in [1.165, 1.54) is 7.11 Å². The van der Waals surface area contributed by atoms with Gasteiger partial charge in [-0.25, -0.2) is 0 Å². The second kappa shape index (κ2) is 11.4. The number of methoxy groups -OCH3 is 1. The highest BCUT2D eigenvalue weighted by molar-refractivity contribution is 6.48. The first-order chi connectivity index (χ1) is 16.9. The van der Waals surface area contributed by atoms with Crippen molar-refractivity contribution in [3.63, 3.8) is 0 Å². The molecule has 1 aromatic carbocycles. The van der Waals surface area contributed by atoms with Crippen LogP contribution in [0.1, 0.15) is 61.8 Å². The molecule has 3 N–H and O–H groups in total. The van der Waals surface area contributed by atoms with Crippen LogP contribution in [0.3, 0.4) is 0 Å². The number of carbonyl (C=O) groups is 2. The molecule has 0 bridgehead atoms. The maximum absolute atomic E-state index is 13.5. The number of pyridine rings is 1. The van der Waals surface area contributed by atoms with Crippen molar-refractivity contribution < 1.29 is 28.4 Å². The summed E-state index contributed by atoms with van der Waals surface area (Å²) in [4.78, 5) is 29.6. The highest BCUT2D eigenvalue weighted by Crippen LogP contribution is 2.38. The number of amides is 2. The predicted molar refractivity (Wildman–Crippen MR) is 137 cm³/mol. The summed E-state index contributed by atoms with van der Waals surface area (Å²) in [7, 11) is 0.845. The third kappa shape index (κ3) is 6.43. The number of primary amides is 1. The van der Waals surface area contributed by atoms with Gasteiger partial charge in [-0.05, 0) is 58.9 Å². The van der Waals surface area contributed by atoms with Crippen LogP contribution in [0.2, 0.25) is 0 Å². The molecule has 2 aromatic rings. The molecule has 3 rings (SSSR count). The fraction of sp³-hybridized carbons (Fsp3) is 0.500. The minimum absolute atomic E-state index is 0.102. The third-order valence-electron chi connectivity index (χ3n) is 6.75. The van der Waals surface area contributed by atoms with Gasteiger partial charge in [0.05, 0.1) is 47.3 Å². The SMILES string of the molecule is COC[C@H](C(=O)N[C@@H](CCOc1ccccc1)B1OC(C)(C)C(C)(C)O1)c1ccc(C(N)=O)c(C)n1. The first-order valence-electron chi connectivity index (χ1n) is 12.1. The molecule has 10 heteroatoms. The number of ether oxygens (including phenoxy) is 2. The number of rotatable bonds is 11. The Hall–Kier alpha value is -2.95. The average Bonchev–Trinajstić information content (AvgIpc) is 3.03. The lowest BCUT2D eigenvalue weighted by Gasteiger charge is -2.32. The summed E-state index contributed by atoms with van der Waals surface area (Å²) in [6.07, 6.45) is 0.449. The molecule has 0 aliphatic carbocycles. The van der Waals surface area contributed by atoms with E-state index in [1.807, 2.05) is 58.0 Å². The molecule has 0 saturated carbocycles. The molecule has 1 aromatic heterocycles. The van der Waals surface area contributed by atoms with Crippen LogP contribution in [0.25, 0.3) is 0 Å². The molecule has 194 valence electrons. The van der Waals surface area contributed by atoms with Gasteiger partial charge in [0, 0.05) is 13.5 Å². The largest absolute Gasteiger partial charge is 0.494 e. The summed E-state index contributed by atoms with van der Waals surface area (Å²) in [5, 5.41) is 3.08. The molecule has 2 heterocycles. The van der Waals surface area contributed by atoms with Crippen LogP contribution < -0.4 is 15.8 Å². The number of hydrogen-bond acceptors (Lipinski definition) is 7. The van der Waals surface area contributed by atoms with E-state index in [0.717, 1.165) is 5.75 Å². The van der Waals surface area contributed by atoms with Crippen molar-refractivity contribution in [2.24, 2.45) is 5.73 Å². The molecular formula is C26H36BN3O6. The first-order valence-corrected chi connectivity index (χ1v) is 12.1. The van der Waals surface area contributed by atoms with E-state index in [1.54, 1.807) is 19.1 Å². The van der Waals surface area contributed by atoms with Crippen molar-refractivity contribution >= 4 is 18.9 Å². The van der Waals surface area contributed by atoms with E-state index in [4.69, 9.17) is 24.5 Å². The number of hydrogen-bond donors (Lipinski definition) is 2. The summed E-state index contributed by atoms with van der Waals surface area (Å²) >= 11 is 0. The zero-order valence-electron chi connectivity index (χ0n) is 21.9. The van der Waals surface area contributed by atoms with Gasteiger partial charge in [-0.2, -0.15) is 0 Å². The molecular weight excluding hydrogens is 461 g/mol. The highest BCUT2D eigenvalue weighted by atomic mass is 16.7. The van der Waals surface area contributed by atoms with Crippen LogP contribution in [0.5, 0.6) is 5.75 Å². The molecule has 2 amide bonds. The van der Waals surface area contributed by atoms with E-state index in [0.29, 0.717) is 30.0 Å². The maximum atomic E-state index is 13.5. The van der Waals surface area contributed by atoms with Gasteiger partial charge in [0.15, 0.2) is 0 Å². The van der Waals surface area contributed by atoms with Gasteiger partial charge in [-0.3, -0.25) is 14.6 Å². The Bertz CT molecular complexity index is 1050. The van der Waals surface area contributed by atoms with Crippen LogP contribution >= 0.6 is 0 Å². The van der Waals surface area contributed by atoms with Crippen molar-refractivity contribution in [3.05, 3.63) is 59.4 Å². The smallest absolute Gasteiger partial charge is 0.481 e. The number of nitrogens with one attached hydrogen (secondary N) is 1. The van der Waals surface area contributed by atoms with Crippen molar-refractivity contribution in [2.75, 3.05) is 20.3 Å². The van der Waals surface area contributed by atoms with Gasteiger partial charge >= 0.3 is 7.12 Å². The summed E-state index contributed by atoms with van der Waals surface area (Å²) < 4.78 is 23.7. The lowest BCUT2D eigenvalue weighted by molar-refractivity contribution is -0.124. The summed E-state index contributed by atoms with van der Waals surface area (Å²) in [6, 6.07) is 12.7. The van der Waals surface area contributed by atoms with Crippen molar-refractivity contribution in [2.45, 2.75) is 64.1 Å². The minimum atomic E-state index is -0.712. The maximum Gasteiger partial charge on any atom is 0.481 e. The van der Waals surface area contributed by atoms with Crippen LogP contribution in [0.4, 0.5) is 0 Å². The molecule has 1 fully saturated rings. The van der Waals surface area contributed by atoms with Crippen molar-refractivity contribution in [1.29, 1.82) is 0 Å². The molecule has 0 unspecified atom stereocenters. The minimum Gasteiger partial charge on any atom is -0.494 e. The van der Waals surface area contributed by atoms with E-state index in [2.05, 4.69) is 10.3 Å². The lowest BCUT2D eigenvalue weighted by atomic mass is 9.76. The average molecular weight is 497 g/mol. The standard InChI is InChI=1S/C26H36BN3O6/c1-17-19(23(28)31)12-13-21(29-17)20(16-33-6)24(32)30-22(14-15-34-18-10-8-7-9-11-18)27-35-25(2,3)26(4,5)36-27/h7-13,20,22H,14-16H2,1-6H3,(H2,28,31)(H,30,32)/t20-,22-/m0/s1. The fourth-order valence-corrected chi connectivity index (χ4v) is 3.93. The number of aromatic nitrogens is 1. The van der Waals surface area contributed by atoms with Gasteiger partial charge in [0.1, 0.15) is 11.7 Å². The molecule has 1 saturated heterocycles. The third-order valence-corrected chi connectivity index (χ3v) is 6.75. The first kappa shape index (κ1) is 27.6. The second-order valence-electron chi connectivity index (χ2n) is 9.93. The summed E-state index contributed by atoms with van der Waals surface area (Å²) in [6.45, 7) is 9.99. The van der Waals surface area contributed by atoms with Gasteiger partial charge in [-0.1, -0.05) is 18.2 Å². The van der Waals surface area contributed by atoms with Crippen LogP contribution in [0, 0.1) is 6.92 Å². The number of aryl methyl sites for hydroxylation is 1. The Morgan fingerprint density at radius 3 is 2.28 bits per heavy atom. The second-order valence-corrected chi connectivity index (χ2v) is 9.93. The quantitative estimate of drug-likeness (QED) is 0.458. The number of para-hydroxylation sites is 1. The Morgan fingerprint density at radius 2 is 1.72 bits per heavy atom. The molecule has 2 atom stereocenters. The number of carbonyl (C=O) groups excluding carboxylic acids is 2. The van der Waals surface area contributed by atoms with Gasteiger partial charge in [-0.15, -0.1) is 0 Å². The zero-order chi connectivity index (χ0) is 26.5. The Labute approximate surface area is 213 Å². The van der Waals surface area contributed by atoms with E-state index >= 15 is 0 Å². The van der Waals surface area contributed by atoms with Crippen LogP contribution in [-0.2, 0) is 18.8 Å². The summed E-state index contributed by atoms with van der Waals surface area (Å²) in [5.41, 5.74) is 5.52. The van der Waals surface area contributed by atoms with Gasteiger partial charge < -0.3 is 29.8 Å². The Kier molecular flexibility index (Phi) is 8.76. The molecule has 0 spiro atoms. The van der Waals surface area contributed by atoms with Crippen molar-refractivity contribution in [3.8, 4) is 5.75 Å². The molecule has 36 heavy (non-hydrogen) atoms. The number of nitrogens with zero attached hydrogens (tertiary/aromatic N) is 1. The van der Waals surface area contributed by atoms with E-state index < -0.39 is 36.1 Å². The Morgan fingerprint density at radius 1 is 1.08 bits per heavy atom. The van der Waals surface area contributed by atoms with Crippen LogP contribution in [0.15, 0.2) is 42.5 Å². The molecule has 1 aliphatic heterocycles. The number of nitrogens with two attached hydrogens (primary N) is 1. The molecule has 9 nitrogen and oxygen atoms in total. The highest BCUT2D eigenvalue weighted by Gasteiger charge is 2.54.